The van der Waals surface area contributed by atoms with Crippen LogP contribution in [0.2, 0.25) is 0 Å². The summed E-state index contributed by atoms with van der Waals surface area (Å²) >= 11 is 0. The van der Waals surface area contributed by atoms with Crippen LogP contribution in [0.5, 0.6) is 0 Å². The van der Waals surface area contributed by atoms with Gasteiger partial charge in [0.25, 0.3) is 0 Å². The fourth-order valence-corrected chi connectivity index (χ4v) is 1.33. The number of aliphatic hydroxyl groups is 6. The van der Waals surface area contributed by atoms with Gasteiger partial charge in [0.15, 0.2) is 12.6 Å². The van der Waals surface area contributed by atoms with Crippen molar-refractivity contribution in [2.75, 3.05) is 0 Å². The molecule has 0 aromatic carbocycles. The number of aliphatic hydroxyl groups excluding tert-OH is 5. The Morgan fingerprint density at radius 1 is 0.929 bits per heavy atom. The van der Waals surface area contributed by atoms with Gasteiger partial charge < -0.3 is 35.4 Å². The zero-order valence-corrected chi connectivity index (χ0v) is 7.26. The predicted molar refractivity (Wildman–Crippen MR) is 41.7 cm³/mol. The van der Waals surface area contributed by atoms with Crippen LogP contribution < -0.4 is 0 Å². The lowest BCUT2D eigenvalue weighted by Gasteiger charge is -2.38. The molecule has 0 aromatic rings. The van der Waals surface area contributed by atoms with Gasteiger partial charge in [-0.15, -0.1) is 0 Å². The Kier molecular flexibility index (Phi) is 3.78. The third-order valence-corrected chi connectivity index (χ3v) is 2.13. The van der Waals surface area contributed by atoms with Crippen molar-refractivity contribution in [2.45, 2.75) is 43.4 Å². The van der Waals surface area contributed by atoms with Crippen molar-refractivity contribution in [3.05, 3.63) is 0 Å². The summed E-state index contributed by atoms with van der Waals surface area (Å²) in [7, 11) is 0. The van der Waals surface area contributed by atoms with Crippen LogP contribution in [0.1, 0.15) is 6.42 Å². The van der Waals surface area contributed by atoms with E-state index in [1.807, 2.05) is 0 Å². The van der Waals surface area contributed by atoms with Crippen molar-refractivity contribution < 1.29 is 35.4 Å². The third kappa shape index (κ3) is 2.39. The van der Waals surface area contributed by atoms with Gasteiger partial charge in [-0.1, -0.05) is 0 Å². The minimum Gasteiger partial charge on any atom is -0.388 e. The lowest BCUT2D eigenvalue weighted by atomic mass is 9.97. The SMILES string of the molecule is OC(O)C[C@H]1O[C@H](O)[C@@H](O)[C@@H](O)[C@@H]1O. The zero-order valence-electron chi connectivity index (χ0n) is 7.26. The molecule has 1 heterocycles. The number of rotatable bonds is 2. The summed E-state index contributed by atoms with van der Waals surface area (Å²) in [5.74, 6) is 0. The summed E-state index contributed by atoms with van der Waals surface area (Å²) in [6.45, 7) is 0. The maximum atomic E-state index is 9.31. The first-order valence-corrected chi connectivity index (χ1v) is 4.17. The highest BCUT2D eigenvalue weighted by Gasteiger charge is 2.43. The molecule has 84 valence electrons. The first kappa shape index (κ1) is 11.8. The van der Waals surface area contributed by atoms with Crippen molar-refractivity contribution >= 4 is 0 Å². The molecular weight excluding hydrogens is 196 g/mol. The first-order valence-electron chi connectivity index (χ1n) is 4.17. The van der Waals surface area contributed by atoms with E-state index in [1.165, 1.54) is 0 Å². The largest absolute Gasteiger partial charge is 0.388 e. The summed E-state index contributed by atoms with van der Waals surface area (Å²) in [5, 5.41) is 53.8. The summed E-state index contributed by atoms with van der Waals surface area (Å²) in [6, 6.07) is 0. The summed E-state index contributed by atoms with van der Waals surface area (Å²) < 4.78 is 4.67. The molecule has 1 saturated heterocycles. The highest BCUT2D eigenvalue weighted by atomic mass is 16.6. The van der Waals surface area contributed by atoms with Crippen molar-refractivity contribution in [3.63, 3.8) is 0 Å². The van der Waals surface area contributed by atoms with E-state index in [0.29, 0.717) is 0 Å². The van der Waals surface area contributed by atoms with Gasteiger partial charge in [-0.2, -0.15) is 0 Å². The van der Waals surface area contributed by atoms with Crippen molar-refractivity contribution in [3.8, 4) is 0 Å². The second-order valence-electron chi connectivity index (χ2n) is 3.25. The number of ether oxygens (including phenoxy) is 1. The molecule has 0 aliphatic carbocycles. The first-order chi connectivity index (χ1) is 6.43. The van der Waals surface area contributed by atoms with Gasteiger partial charge in [-0.05, 0) is 0 Å². The molecule has 14 heavy (non-hydrogen) atoms. The molecule has 1 fully saturated rings. The van der Waals surface area contributed by atoms with E-state index in [2.05, 4.69) is 4.74 Å². The van der Waals surface area contributed by atoms with E-state index in [0.717, 1.165) is 0 Å². The fourth-order valence-electron chi connectivity index (χ4n) is 1.33. The van der Waals surface area contributed by atoms with E-state index in [4.69, 9.17) is 20.4 Å². The molecule has 0 radical (unpaired) electrons. The normalized spacial score (nSPS) is 44.4. The second kappa shape index (κ2) is 4.49. The minimum atomic E-state index is -1.72. The Hall–Kier alpha value is -0.280. The van der Waals surface area contributed by atoms with Gasteiger partial charge in [0, 0.05) is 6.42 Å². The van der Waals surface area contributed by atoms with Crippen LogP contribution in [0.3, 0.4) is 0 Å². The highest BCUT2D eigenvalue weighted by Crippen LogP contribution is 2.22. The van der Waals surface area contributed by atoms with Crippen LogP contribution in [-0.4, -0.2) is 67.6 Å². The Balaban J connectivity index is 2.60. The smallest absolute Gasteiger partial charge is 0.183 e. The van der Waals surface area contributed by atoms with E-state index < -0.39 is 37.0 Å². The molecule has 6 N–H and O–H groups in total. The summed E-state index contributed by atoms with van der Waals surface area (Å²) in [4.78, 5) is 0. The monoisotopic (exact) mass is 210 g/mol. The zero-order chi connectivity index (χ0) is 10.9. The predicted octanol–water partition coefficient (Wildman–Crippen LogP) is -3.51. The molecule has 1 aliphatic rings. The van der Waals surface area contributed by atoms with Crippen LogP contribution in [0.4, 0.5) is 0 Å². The van der Waals surface area contributed by atoms with E-state index >= 15 is 0 Å². The Labute approximate surface area is 79.8 Å². The van der Waals surface area contributed by atoms with Crippen molar-refractivity contribution in [1.82, 2.24) is 0 Å². The van der Waals surface area contributed by atoms with Gasteiger partial charge in [-0.3, -0.25) is 0 Å². The van der Waals surface area contributed by atoms with Gasteiger partial charge in [0.2, 0.25) is 0 Å². The molecular formula is C7H14O7. The Bertz CT molecular complexity index is 185. The molecule has 1 aliphatic heterocycles. The van der Waals surface area contributed by atoms with E-state index in [9.17, 15) is 10.2 Å². The van der Waals surface area contributed by atoms with Crippen LogP contribution in [0, 0.1) is 0 Å². The molecule has 0 aromatic heterocycles. The molecule has 0 amide bonds. The maximum Gasteiger partial charge on any atom is 0.183 e. The van der Waals surface area contributed by atoms with Crippen molar-refractivity contribution in [2.24, 2.45) is 0 Å². The molecule has 0 saturated carbocycles. The quantitative estimate of drug-likeness (QED) is 0.260. The molecule has 7 heteroatoms. The van der Waals surface area contributed by atoms with E-state index in [1.54, 1.807) is 0 Å². The van der Waals surface area contributed by atoms with Crippen LogP contribution in [0.15, 0.2) is 0 Å². The molecule has 0 unspecified atom stereocenters. The van der Waals surface area contributed by atoms with Crippen LogP contribution >= 0.6 is 0 Å². The number of hydrogen-bond acceptors (Lipinski definition) is 7. The molecule has 0 spiro atoms. The summed E-state index contributed by atoms with van der Waals surface area (Å²) in [5.41, 5.74) is 0. The van der Waals surface area contributed by atoms with E-state index in [-0.39, 0.29) is 6.42 Å². The van der Waals surface area contributed by atoms with Gasteiger partial charge in [-0.25, -0.2) is 0 Å². The second-order valence-corrected chi connectivity index (χ2v) is 3.25. The van der Waals surface area contributed by atoms with Crippen LogP contribution in [-0.2, 0) is 4.74 Å². The molecule has 7 nitrogen and oxygen atoms in total. The maximum absolute atomic E-state index is 9.31. The fraction of sp³-hybridized carbons (Fsp3) is 1.00. The lowest BCUT2D eigenvalue weighted by molar-refractivity contribution is -0.289. The van der Waals surface area contributed by atoms with Crippen LogP contribution in [0.25, 0.3) is 0 Å². The topological polar surface area (TPSA) is 131 Å². The van der Waals surface area contributed by atoms with Gasteiger partial charge >= 0.3 is 0 Å². The number of hydrogen-bond donors (Lipinski definition) is 6. The Morgan fingerprint density at radius 2 is 1.50 bits per heavy atom. The Morgan fingerprint density at radius 3 is 2.00 bits per heavy atom. The van der Waals surface area contributed by atoms with Gasteiger partial charge in [0.1, 0.15) is 18.3 Å². The summed E-state index contributed by atoms with van der Waals surface area (Å²) in [6.07, 6.45) is -9.47. The average molecular weight is 210 g/mol. The standard InChI is InChI=1S/C7H14O7/c8-3(9)1-2-4(10)5(11)6(12)7(13)14-2/h2-13H,1H2/t2-,4-,5+,6+,7+/m1/s1. The molecule has 1 rings (SSSR count). The minimum absolute atomic E-state index is 0.359. The molecule has 5 atom stereocenters. The lowest BCUT2D eigenvalue weighted by Crippen LogP contribution is -2.57. The van der Waals surface area contributed by atoms with Crippen molar-refractivity contribution in [1.29, 1.82) is 0 Å². The average Bonchev–Trinajstić information content (AvgIpc) is 2.10. The highest BCUT2D eigenvalue weighted by molar-refractivity contribution is 4.88. The third-order valence-electron chi connectivity index (χ3n) is 2.13. The van der Waals surface area contributed by atoms with Gasteiger partial charge in [0.05, 0.1) is 6.10 Å². The molecule has 0 bridgehead atoms.